The fourth-order valence-electron chi connectivity index (χ4n) is 1.60. The molecule has 4 heteroatoms. The fraction of sp³-hybridized carbons (Fsp3) is 0.500. The second kappa shape index (κ2) is 6.23. The van der Waals surface area contributed by atoms with Crippen molar-refractivity contribution in [1.82, 2.24) is 0 Å². The molecule has 1 rings (SSSR count). The van der Waals surface area contributed by atoms with E-state index >= 15 is 0 Å². The molecule has 0 aliphatic carbocycles. The van der Waals surface area contributed by atoms with Gasteiger partial charge in [-0.3, -0.25) is 0 Å². The van der Waals surface area contributed by atoms with Gasteiger partial charge in [-0.1, -0.05) is 20.8 Å². The summed E-state index contributed by atoms with van der Waals surface area (Å²) in [5.41, 5.74) is 0.993. The number of halogens is 1. The van der Waals surface area contributed by atoms with Gasteiger partial charge < -0.3 is 14.3 Å². The molecular formula is C14H19BrO3. The Bertz CT molecular complexity index is 422. The SMILES string of the molecule is COc1cc(Br)c(OCCC=O)c(C(C)(C)C)c1. The monoisotopic (exact) mass is 314 g/mol. The van der Waals surface area contributed by atoms with E-state index in [4.69, 9.17) is 9.47 Å². The highest BCUT2D eigenvalue weighted by atomic mass is 79.9. The molecule has 0 saturated heterocycles. The largest absolute Gasteiger partial charge is 0.497 e. The zero-order valence-electron chi connectivity index (χ0n) is 11.2. The summed E-state index contributed by atoms with van der Waals surface area (Å²) in [5, 5.41) is 0. The molecule has 0 N–H and O–H groups in total. The van der Waals surface area contributed by atoms with Crippen molar-refractivity contribution in [1.29, 1.82) is 0 Å². The highest BCUT2D eigenvalue weighted by Crippen LogP contribution is 2.40. The highest BCUT2D eigenvalue weighted by molar-refractivity contribution is 9.10. The molecule has 100 valence electrons. The van der Waals surface area contributed by atoms with E-state index < -0.39 is 0 Å². The normalized spacial score (nSPS) is 11.2. The third-order valence-corrected chi connectivity index (χ3v) is 3.13. The zero-order chi connectivity index (χ0) is 13.8. The lowest BCUT2D eigenvalue weighted by Crippen LogP contribution is -2.14. The average molecular weight is 315 g/mol. The Morgan fingerprint density at radius 1 is 1.33 bits per heavy atom. The van der Waals surface area contributed by atoms with Crippen LogP contribution in [0.3, 0.4) is 0 Å². The molecule has 3 nitrogen and oxygen atoms in total. The van der Waals surface area contributed by atoms with E-state index in [-0.39, 0.29) is 5.41 Å². The van der Waals surface area contributed by atoms with Gasteiger partial charge in [-0.2, -0.15) is 0 Å². The number of rotatable bonds is 5. The Hall–Kier alpha value is -1.03. The lowest BCUT2D eigenvalue weighted by atomic mass is 9.86. The number of ether oxygens (including phenoxy) is 2. The minimum atomic E-state index is -0.0619. The van der Waals surface area contributed by atoms with Crippen molar-refractivity contribution in [2.24, 2.45) is 0 Å². The van der Waals surface area contributed by atoms with E-state index in [0.717, 1.165) is 27.8 Å². The van der Waals surface area contributed by atoms with Gasteiger partial charge in [-0.05, 0) is 33.5 Å². The number of methoxy groups -OCH3 is 1. The molecule has 18 heavy (non-hydrogen) atoms. The Morgan fingerprint density at radius 3 is 2.50 bits per heavy atom. The van der Waals surface area contributed by atoms with Crippen molar-refractivity contribution < 1.29 is 14.3 Å². The van der Waals surface area contributed by atoms with Gasteiger partial charge in [-0.25, -0.2) is 0 Å². The molecule has 0 atom stereocenters. The van der Waals surface area contributed by atoms with Crippen molar-refractivity contribution in [2.45, 2.75) is 32.6 Å². The molecule has 0 amide bonds. The van der Waals surface area contributed by atoms with Gasteiger partial charge in [0.05, 0.1) is 18.2 Å². The summed E-state index contributed by atoms with van der Waals surface area (Å²) in [6.07, 6.45) is 1.25. The summed E-state index contributed by atoms with van der Waals surface area (Å²) in [7, 11) is 1.64. The van der Waals surface area contributed by atoms with Crippen LogP contribution in [0.2, 0.25) is 0 Å². The second-order valence-corrected chi connectivity index (χ2v) is 5.89. The summed E-state index contributed by atoms with van der Waals surface area (Å²) in [4.78, 5) is 10.4. The summed E-state index contributed by atoms with van der Waals surface area (Å²) in [6, 6.07) is 3.84. The third-order valence-electron chi connectivity index (χ3n) is 2.54. The van der Waals surface area contributed by atoms with Gasteiger partial charge in [0.15, 0.2) is 0 Å². The first-order chi connectivity index (χ1) is 8.40. The van der Waals surface area contributed by atoms with Crippen LogP contribution in [0.25, 0.3) is 0 Å². The van der Waals surface area contributed by atoms with E-state index in [9.17, 15) is 4.79 Å². The summed E-state index contributed by atoms with van der Waals surface area (Å²) < 4.78 is 11.8. The van der Waals surface area contributed by atoms with Crippen LogP contribution >= 0.6 is 15.9 Å². The summed E-state index contributed by atoms with van der Waals surface area (Å²) >= 11 is 3.49. The number of benzene rings is 1. The van der Waals surface area contributed by atoms with Gasteiger partial charge in [0.25, 0.3) is 0 Å². The fourth-order valence-corrected chi connectivity index (χ4v) is 2.15. The van der Waals surface area contributed by atoms with Gasteiger partial charge >= 0.3 is 0 Å². The van der Waals surface area contributed by atoms with Gasteiger partial charge in [0.2, 0.25) is 0 Å². The number of hydrogen-bond donors (Lipinski definition) is 0. The minimum Gasteiger partial charge on any atom is -0.497 e. The molecule has 0 aromatic heterocycles. The molecule has 0 saturated carbocycles. The standard InChI is InChI=1S/C14H19BrO3/c1-14(2,3)11-8-10(17-4)9-12(15)13(11)18-7-5-6-16/h6,8-9H,5,7H2,1-4H3. The first kappa shape index (κ1) is 15.0. The van der Waals surface area contributed by atoms with Crippen LogP contribution in [0, 0.1) is 0 Å². The Kier molecular flexibility index (Phi) is 5.20. The lowest BCUT2D eigenvalue weighted by Gasteiger charge is -2.24. The van der Waals surface area contributed by atoms with Crippen LogP contribution < -0.4 is 9.47 Å². The van der Waals surface area contributed by atoms with Gasteiger partial charge in [0.1, 0.15) is 17.8 Å². The molecule has 0 fully saturated rings. The van der Waals surface area contributed by atoms with Crippen molar-refractivity contribution in [3.63, 3.8) is 0 Å². The predicted octanol–water partition coefficient (Wildman–Crippen LogP) is 3.72. The molecule has 0 spiro atoms. The molecule has 0 aliphatic heterocycles. The summed E-state index contributed by atoms with van der Waals surface area (Å²) in [6.45, 7) is 6.72. The predicted molar refractivity (Wildman–Crippen MR) is 75.6 cm³/mol. The van der Waals surface area contributed by atoms with Gasteiger partial charge in [-0.15, -0.1) is 0 Å². The number of hydrogen-bond acceptors (Lipinski definition) is 3. The maximum absolute atomic E-state index is 10.4. The van der Waals surface area contributed by atoms with Crippen LogP contribution in [0.4, 0.5) is 0 Å². The van der Waals surface area contributed by atoms with Crippen molar-refractivity contribution >= 4 is 22.2 Å². The molecule has 0 unspecified atom stereocenters. The van der Waals surface area contributed by atoms with Crippen molar-refractivity contribution in [2.75, 3.05) is 13.7 Å². The smallest absolute Gasteiger partial charge is 0.137 e. The van der Waals surface area contributed by atoms with E-state index in [1.807, 2.05) is 12.1 Å². The molecule has 1 aromatic carbocycles. The van der Waals surface area contributed by atoms with Crippen LogP contribution in [0.15, 0.2) is 16.6 Å². The van der Waals surface area contributed by atoms with Crippen LogP contribution in [0.5, 0.6) is 11.5 Å². The highest BCUT2D eigenvalue weighted by Gasteiger charge is 2.22. The first-order valence-corrected chi connectivity index (χ1v) is 6.64. The molecule has 1 aromatic rings. The topological polar surface area (TPSA) is 35.5 Å². The zero-order valence-corrected chi connectivity index (χ0v) is 12.8. The quantitative estimate of drug-likeness (QED) is 0.613. The van der Waals surface area contributed by atoms with Crippen molar-refractivity contribution in [3.8, 4) is 11.5 Å². The number of carbonyl (C=O) groups is 1. The molecule has 0 radical (unpaired) electrons. The van der Waals surface area contributed by atoms with E-state index in [0.29, 0.717) is 13.0 Å². The molecule has 0 aliphatic rings. The van der Waals surface area contributed by atoms with Crippen LogP contribution in [-0.4, -0.2) is 20.0 Å². The maximum Gasteiger partial charge on any atom is 0.137 e. The molecule has 0 heterocycles. The maximum atomic E-state index is 10.4. The van der Waals surface area contributed by atoms with Crippen LogP contribution in [-0.2, 0) is 10.2 Å². The first-order valence-electron chi connectivity index (χ1n) is 5.84. The number of aldehydes is 1. The van der Waals surface area contributed by atoms with Crippen LogP contribution in [0.1, 0.15) is 32.8 Å². The Labute approximate surface area is 117 Å². The van der Waals surface area contributed by atoms with Crippen molar-refractivity contribution in [3.05, 3.63) is 22.2 Å². The Balaban J connectivity index is 3.16. The number of carbonyl (C=O) groups excluding carboxylic acids is 1. The van der Waals surface area contributed by atoms with E-state index in [2.05, 4.69) is 36.7 Å². The average Bonchev–Trinajstić information content (AvgIpc) is 2.29. The van der Waals surface area contributed by atoms with E-state index in [1.54, 1.807) is 7.11 Å². The third kappa shape index (κ3) is 3.73. The van der Waals surface area contributed by atoms with Gasteiger partial charge in [0, 0.05) is 12.0 Å². The summed E-state index contributed by atoms with van der Waals surface area (Å²) in [5.74, 6) is 1.57. The Morgan fingerprint density at radius 2 is 2.00 bits per heavy atom. The second-order valence-electron chi connectivity index (χ2n) is 5.04. The lowest BCUT2D eigenvalue weighted by molar-refractivity contribution is -0.108. The minimum absolute atomic E-state index is 0.0619. The molecular weight excluding hydrogens is 296 g/mol. The van der Waals surface area contributed by atoms with E-state index in [1.165, 1.54) is 0 Å². The molecule has 0 bridgehead atoms.